The molecule has 160 valence electrons. The van der Waals surface area contributed by atoms with Crippen molar-refractivity contribution in [2.45, 2.75) is 45.6 Å². The second-order valence-corrected chi connectivity index (χ2v) is 10.0. The van der Waals surface area contributed by atoms with Crippen molar-refractivity contribution < 1.29 is 48.3 Å². The summed E-state index contributed by atoms with van der Waals surface area (Å²) in [6.45, 7) is 6.72. The van der Waals surface area contributed by atoms with Gasteiger partial charge in [-0.2, -0.15) is 26.3 Å². The highest BCUT2D eigenvalue weighted by atomic mass is 32.3. The molecule has 0 unspecified atom stereocenters. The summed E-state index contributed by atoms with van der Waals surface area (Å²) in [6.07, 6.45) is 0. The van der Waals surface area contributed by atoms with E-state index in [9.17, 15) is 48.3 Å². The van der Waals surface area contributed by atoms with Crippen molar-refractivity contribution in [2.24, 2.45) is 0 Å². The molecule has 1 aromatic carbocycles. The molecule has 1 aromatic rings. The normalized spacial score (nSPS) is 13.5. The zero-order valence-electron chi connectivity index (χ0n) is 15.1. The molecule has 5 nitrogen and oxygen atoms in total. The average molecular weight is 453 g/mol. The highest BCUT2D eigenvalue weighted by molar-refractivity contribution is 8.15. The van der Waals surface area contributed by atoms with Gasteiger partial charge in [-0.3, -0.25) is 0 Å². The molecule has 28 heavy (non-hydrogen) atoms. The Morgan fingerprint density at radius 1 is 0.643 bits per heavy atom. The van der Waals surface area contributed by atoms with Gasteiger partial charge in [-0.25, -0.2) is 16.8 Å². The molecule has 0 amide bonds. The molecule has 0 heterocycles. The Morgan fingerprint density at radius 2 is 0.893 bits per heavy atom. The van der Waals surface area contributed by atoms with Crippen LogP contribution in [-0.2, 0) is 19.7 Å². The number of rotatable bonds is 3. The first-order chi connectivity index (χ1) is 12.2. The zero-order valence-corrected chi connectivity index (χ0v) is 16.8. The smallest absolute Gasteiger partial charge is 0.502 e. The maximum Gasteiger partial charge on any atom is 0.502 e. The van der Waals surface area contributed by atoms with Crippen molar-refractivity contribution in [1.29, 1.82) is 0 Å². The highest BCUT2D eigenvalue weighted by Gasteiger charge is 2.60. The quantitative estimate of drug-likeness (QED) is 0.518. The van der Waals surface area contributed by atoms with E-state index in [2.05, 4.69) is 0 Å². The van der Waals surface area contributed by atoms with Crippen LogP contribution in [0.4, 0.5) is 26.3 Å². The Hall–Kier alpha value is -1.76. The summed E-state index contributed by atoms with van der Waals surface area (Å²) in [5.41, 5.74) is -12.8. The van der Waals surface area contributed by atoms with Gasteiger partial charge in [-0.1, -0.05) is 5.76 Å². The third-order valence-electron chi connectivity index (χ3n) is 4.51. The summed E-state index contributed by atoms with van der Waals surface area (Å²) in [5, 5.41) is 12.6. The Morgan fingerprint density at radius 3 is 1.14 bits per heavy atom. The van der Waals surface area contributed by atoms with E-state index in [0.29, 0.717) is 16.7 Å². The van der Waals surface area contributed by atoms with Crippen molar-refractivity contribution in [2.75, 3.05) is 0 Å². The maximum atomic E-state index is 12.9. The minimum Gasteiger partial charge on any atom is -0.871 e. The molecule has 0 saturated heterocycles. The second-order valence-electron chi connectivity index (χ2n) is 6.01. The van der Waals surface area contributed by atoms with Gasteiger partial charge in [-0.05, 0) is 68.0 Å². The Bertz CT molecular complexity index is 987. The standard InChI is InChI=1S/C15H16F6O5S2/c1-6-7(2)9(4)11(10(5)8(6)3)12(22)13(27(23,24)14(16,17)18)28(25,26)15(19,20)21/h22H,1-5H3/p-1. The third kappa shape index (κ3) is 3.61. The van der Waals surface area contributed by atoms with Crippen LogP contribution in [0.1, 0.15) is 33.4 Å². The fourth-order valence-electron chi connectivity index (χ4n) is 2.54. The lowest BCUT2D eigenvalue weighted by Crippen LogP contribution is -2.37. The SMILES string of the molecule is Cc1c(C)c(C)c(C([O-])=C(S(=O)(=O)C(F)(F)F)S(=O)(=O)C(F)(F)F)c(C)c1C. The first kappa shape index (κ1) is 24.3. The van der Waals surface area contributed by atoms with Crippen LogP contribution in [0.3, 0.4) is 0 Å². The van der Waals surface area contributed by atoms with E-state index in [-0.39, 0.29) is 11.1 Å². The molecule has 0 N–H and O–H groups in total. The molecule has 0 aromatic heterocycles. The zero-order chi connectivity index (χ0) is 22.6. The molecule has 0 radical (unpaired) electrons. The summed E-state index contributed by atoms with van der Waals surface area (Å²) in [5.74, 6) is -2.38. The van der Waals surface area contributed by atoms with E-state index in [1.54, 1.807) is 6.92 Å². The van der Waals surface area contributed by atoms with Gasteiger partial charge >= 0.3 is 11.0 Å². The molecule has 0 bridgehead atoms. The van der Waals surface area contributed by atoms with Gasteiger partial charge in [0.1, 0.15) is 0 Å². The molecule has 1 rings (SSSR count). The van der Waals surface area contributed by atoms with Crippen molar-refractivity contribution in [3.05, 3.63) is 37.6 Å². The van der Waals surface area contributed by atoms with Crippen molar-refractivity contribution in [3.8, 4) is 0 Å². The molecule has 0 aliphatic rings. The molecule has 0 atom stereocenters. The van der Waals surface area contributed by atoms with Crippen LogP contribution in [0, 0.1) is 34.6 Å². The molecule has 0 saturated carbocycles. The fraction of sp³-hybridized carbons (Fsp3) is 0.467. The summed E-state index contributed by atoms with van der Waals surface area (Å²) >= 11 is 0. The Labute approximate surface area is 157 Å². The molecule has 0 aliphatic heterocycles. The monoisotopic (exact) mass is 453 g/mol. The van der Waals surface area contributed by atoms with E-state index in [4.69, 9.17) is 0 Å². The summed E-state index contributed by atoms with van der Waals surface area (Å²) < 4.78 is 121. The van der Waals surface area contributed by atoms with Crippen LogP contribution in [0.15, 0.2) is 4.24 Å². The molecule has 13 heteroatoms. The van der Waals surface area contributed by atoms with Gasteiger partial charge in [0.25, 0.3) is 19.7 Å². The lowest BCUT2D eigenvalue weighted by molar-refractivity contribution is -0.244. The Balaban J connectivity index is 4.34. The minimum atomic E-state index is -7.14. The lowest BCUT2D eigenvalue weighted by atomic mass is 9.89. The molecular formula is C15H15F6O5S2-. The van der Waals surface area contributed by atoms with E-state index in [1.807, 2.05) is 0 Å². The van der Waals surface area contributed by atoms with Gasteiger partial charge < -0.3 is 5.11 Å². The summed E-state index contributed by atoms with van der Waals surface area (Å²) in [4.78, 5) is 0. The summed E-state index contributed by atoms with van der Waals surface area (Å²) in [7, 11) is -14.3. The van der Waals surface area contributed by atoms with Gasteiger partial charge in [-0.15, -0.1) is 0 Å². The number of alkyl halides is 6. The largest absolute Gasteiger partial charge is 0.871 e. The number of halogens is 6. The van der Waals surface area contributed by atoms with Gasteiger partial charge in [0.2, 0.25) is 0 Å². The molecule has 0 spiro atoms. The first-order valence-electron chi connectivity index (χ1n) is 7.32. The van der Waals surface area contributed by atoms with Crippen molar-refractivity contribution >= 4 is 25.4 Å². The highest BCUT2D eigenvalue weighted by Crippen LogP contribution is 2.42. The van der Waals surface area contributed by atoms with Crippen LogP contribution in [0.5, 0.6) is 0 Å². The predicted octanol–water partition coefficient (Wildman–Crippen LogP) is 3.08. The van der Waals surface area contributed by atoms with Crippen LogP contribution in [0.25, 0.3) is 5.76 Å². The fourth-order valence-corrected chi connectivity index (χ4v) is 5.38. The second kappa shape index (κ2) is 6.94. The number of hydrogen-bond acceptors (Lipinski definition) is 5. The third-order valence-corrected chi connectivity index (χ3v) is 8.39. The number of sulfone groups is 2. The number of hydrogen-bond donors (Lipinski definition) is 0. The van der Waals surface area contributed by atoms with E-state index in [0.717, 1.165) is 0 Å². The van der Waals surface area contributed by atoms with Gasteiger partial charge in [0.15, 0.2) is 4.24 Å². The number of benzene rings is 1. The van der Waals surface area contributed by atoms with Crippen molar-refractivity contribution in [1.82, 2.24) is 0 Å². The predicted molar refractivity (Wildman–Crippen MR) is 87.0 cm³/mol. The Kier molecular flexibility index (Phi) is 6.01. The van der Waals surface area contributed by atoms with Crippen LogP contribution in [-0.4, -0.2) is 27.9 Å². The minimum absolute atomic E-state index is 0.127. The molecular weight excluding hydrogens is 438 g/mol. The maximum absolute atomic E-state index is 12.9. The van der Waals surface area contributed by atoms with Crippen LogP contribution < -0.4 is 5.11 Å². The van der Waals surface area contributed by atoms with Crippen molar-refractivity contribution in [3.63, 3.8) is 0 Å². The topological polar surface area (TPSA) is 91.3 Å². The van der Waals surface area contributed by atoms with Crippen LogP contribution >= 0.6 is 0 Å². The van der Waals surface area contributed by atoms with E-state index in [1.165, 1.54) is 27.7 Å². The van der Waals surface area contributed by atoms with Crippen LogP contribution in [0.2, 0.25) is 0 Å². The van der Waals surface area contributed by atoms with E-state index < -0.39 is 46.3 Å². The molecule has 0 aliphatic carbocycles. The summed E-state index contributed by atoms with van der Waals surface area (Å²) in [6, 6.07) is 0. The molecule has 0 fully saturated rings. The van der Waals surface area contributed by atoms with E-state index >= 15 is 0 Å². The lowest BCUT2D eigenvalue weighted by Gasteiger charge is -2.27. The van der Waals surface area contributed by atoms with Gasteiger partial charge in [0, 0.05) is 0 Å². The average Bonchev–Trinajstić information content (AvgIpc) is 2.48. The van der Waals surface area contributed by atoms with Gasteiger partial charge in [0.05, 0.1) is 0 Å². The first-order valence-corrected chi connectivity index (χ1v) is 10.3.